The van der Waals surface area contributed by atoms with E-state index < -0.39 is 0 Å². The van der Waals surface area contributed by atoms with E-state index in [0.29, 0.717) is 6.04 Å². The molecule has 16 heavy (non-hydrogen) atoms. The lowest BCUT2D eigenvalue weighted by molar-refractivity contribution is 0.243. The Hall–Kier alpha value is -1.08. The van der Waals surface area contributed by atoms with E-state index in [1.54, 1.807) is 0 Å². The van der Waals surface area contributed by atoms with Crippen LogP contribution in [0.5, 0.6) is 0 Å². The Kier molecular flexibility index (Phi) is 5.87. The lowest BCUT2D eigenvalue weighted by atomic mass is 10.1. The van der Waals surface area contributed by atoms with Gasteiger partial charge in [-0.2, -0.15) is 0 Å². The van der Waals surface area contributed by atoms with Crippen LogP contribution in [-0.2, 0) is 0 Å². The molecule has 0 aliphatic heterocycles. The second-order valence-electron chi connectivity index (χ2n) is 4.43. The average Bonchev–Trinajstić information content (AvgIpc) is 2.20. The molecule has 0 N–H and O–H groups in total. The molecule has 0 amide bonds. The largest absolute Gasteiger partial charge is 0.297 e. The van der Waals surface area contributed by atoms with Crippen molar-refractivity contribution in [3.8, 4) is 0 Å². The Morgan fingerprint density at radius 2 is 1.75 bits per heavy atom. The molecule has 0 radical (unpaired) electrons. The molecule has 0 aromatic carbocycles. The van der Waals surface area contributed by atoms with E-state index in [1.807, 2.05) is 0 Å². The highest BCUT2D eigenvalue weighted by Gasteiger charge is 2.08. The summed E-state index contributed by atoms with van der Waals surface area (Å²) in [5, 5.41) is 0. The van der Waals surface area contributed by atoms with Crippen LogP contribution in [0.1, 0.15) is 27.2 Å². The molecule has 1 nitrogen and oxygen atoms in total. The minimum atomic E-state index is 0.610. The second-order valence-corrected chi connectivity index (χ2v) is 4.43. The third-order valence-electron chi connectivity index (χ3n) is 2.69. The molecule has 1 rings (SSSR count). The third-order valence-corrected chi connectivity index (χ3v) is 2.69. The molecular weight excluding hydrogens is 194 g/mol. The van der Waals surface area contributed by atoms with Gasteiger partial charge in [0.05, 0.1) is 0 Å². The summed E-state index contributed by atoms with van der Waals surface area (Å²) < 4.78 is 0. The highest BCUT2D eigenvalue weighted by Crippen LogP contribution is 2.08. The van der Waals surface area contributed by atoms with Crippen molar-refractivity contribution in [2.75, 3.05) is 13.1 Å². The van der Waals surface area contributed by atoms with Gasteiger partial charge < -0.3 is 0 Å². The molecule has 0 aromatic rings. The molecule has 1 heteroatoms. The fraction of sp³-hybridized carbons (Fsp3) is 0.467. The van der Waals surface area contributed by atoms with Gasteiger partial charge in [0.25, 0.3) is 0 Å². The molecule has 0 saturated carbocycles. The summed E-state index contributed by atoms with van der Waals surface area (Å²) >= 11 is 0. The zero-order chi connectivity index (χ0) is 11.8. The van der Waals surface area contributed by atoms with Gasteiger partial charge in [0.2, 0.25) is 0 Å². The lowest BCUT2D eigenvalue weighted by Crippen LogP contribution is -2.33. The summed E-state index contributed by atoms with van der Waals surface area (Å²) in [4.78, 5) is 2.51. The van der Waals surface area contributed by atoms with E-state index in [0.717, 1.165) is 6.54 Å². The molecule has 0 atom stereocenters. The monoisotopic (exact) mass is 217 g/mol. The predicted octanol–water partition coefficient (Wildman–Crippen LogP) is 3.72. The molecule has 1 aliphatic rings. The molecule has 0 heterocycles. The maximum atomic E-state index is 2.51. The Balaban J connectivity index is 2.62. The van der Waals surface area contributed by atoms with Crippen LogP contribution in [0.15, 0.2) is 48.1 Å². The molecular formula is C15H23N. The van der Waals surface area contributed by atoms with E-state index in [4.69, 9.17) is 0 Å². The fourth-order valence-corrected chi connectivity index (χ4v) is 1.75. The van der Waals surface area contributed by atoms with E-state index in [2.05, 4.69) is 68.2 Å². The van der Waals surface area contributed by atoms with Gasteiger partial charge in [-0.3, -0.25) is 4.90 Å². The van der Waals surface area contributed by atoms with Crippen molar-refractivity contribution in [3.05, 3.63) is 48.1 Å². The molecule has 0 fully saturated rings. The van der Waals surface area contributed by atoms with E-state index in [9.17, 15) is 0 Å². The first kappa shape index (κ1) is 13.0. The van der Waals surface area contributed by atoms with Crippen molar-refractivity contribution < 1.29 is 0 Å². The van der Waals surface area contributed by atoms with E-state index in [-0.39, 0.29) is 0 Å². The summed E-state index contributed by atoms with van der Waals surface area (Å²) in [6.07, 6.45) is 16.0. The number of nitrogens with zero attached hydrogens (tertiary/aromatic N) is 1. The highest BCUT2D eigenvalue weighted by molar-refractivity contribution is 5.31. The zero-order valence-corrected chi connectivity index (χ0v) is 10.7. The van der Waals surface area contributed by atoms with Gasteiger partial charge in [-0.1, -0.05) is 49.5 Å². The molecule has 0 unspecified atom stereocenters. The number of hydrogen-bond acceptors (Lipinski definition) is 1. The van der Waals surface area contributed by atoms with E-state index in [1.165, 1.54) is 18.5 Å². The maximum absolute atomic E-state index is 2.51. The smallest absolute Gasteiger partial charge is 0.0236 e. The standard InChI is InChI=1S/C15H23N/c1-4-12-16(14(2)3)13-15-10-8-6-5-7-9-11-15/h5-11,14H,4,12-13H2,1-3H3. The normalized spacial score (nSPS) is 15.4. The van der Waals surface area contributed by atoms with Crippen molar-refractivity contribution in [1.82, 2.24) is 4.90 Å². The number of allylic oxidation sites excluding steroid dienone is 6. The predicted molar refractivity (Wildman–Crippen MR) is 72.5 cm³/mol. The van der Waals surface area contributed by atoms with Gasteiger partial charge >= 0.3 is 0 Å². The highest BCUT2D eigenvalue weighted by atomic mass is 15.1. The summed E-state index contributed by atoms with van der Waals surface area (Å²) in [5.74, 6) is 0. The Morgan fingerprint density at radius 3 is 2.44 bits per heavy atom. The Morgan fingerprint density at radius 1 is 1.06 bits per heavy atom. The van der Waals surface area contributed by atoms with Crippen molar-refractivity contribution >= 4 is 0 Å². The van der Waals surface area contributed by atoms with Crippen LogP contribution in [0.3, 0.4) is 0 Å². The first-order valence-corrected chi connectivity index (χ1v) is 6.18. The van der Waals surface area contributed by atoms with Crippen LogP contribution >= 0.6 is 0 Å². The minimum absolute atomic E-state index is 0.610. The SMILES string of the molecule is CCCN(CC1=CC=CC=CC=C1)C(C)C. The fourth-order valence-electron chi connectivity index (χ4n) is 1.75. The van der Waals surface area contributed by atoms with Crippen molar-refractivity contribution in [2.24, 2.45) is 0 Å². The second kappa shape index (κ2) is 7.24. The first-order valence-electron chi connectivity index (χ1n) is 6.18. The topological polar surface area (TPSA) is 3.24 Å². The Bertz CT molecular complexity index is 305. The summed E-state index contributed by atoms with van der Waals surface area (Å²) in [7, 11) is 0. The first-order chi connectivity index (χ1) is 7.74. The third kappa shape index (κ3) is 4.63. The van der Waals surface area contributed by atoms with Gasteiger partial charge in [-0.05, 0) is 32.4 Å². The van der Waals surface area contributed by atoms with Crippen LogP contribution in [0.25, 0.3) is 0 Å². The van der Waals surface area contributed by atoms with Crippen LogP contribution in [0.2, 0.25) is 0 Å². The van der Waals surface area contributed by atoms with Gasteiger partial charge in [-0.25, -0.2) is 0 Å². The maximum Gasteiger partial charge on any atom is 0.0236 e. The van der Waals surface area contributed by atoms with Gasteiger partial charge in [-0.15, -0.1) is 0 Å². The van der Waals surface area contributed by atoms with E-state index >= 15 is 0 Å². The van der Waals surface area contributed by atoms with Crippen LogP contribution in [0, 0.1) is 0 Å². The van der Waals surface area contributed by atoms with Crippen molar-refractivity contribution in [1.29, 1.82) is 0 Å². The molecule has 0 saturated heterocycles. The molecule has 88 valence electrons. The van der Waals surface area contributed by atoms with Gasteiger partial charge in [0.1, 0.15) is 0 Å². The average molecular weight is 217 g/mol. The summed E-state index contributed by atoms with van der Waals surface area (Å²) in [6, 6.07) is 0.610. The summed E-state index contributed by atoms with van der Waals surface area (Å²) in [5.41, 5.74) is 1.38. The van der Waals surface area contributed by atoms with Crippen molar-refractivity contribution in [2.45, 2.75) is 33.2 Å². The van der Waals surface area contributed by atoms with Crippen molar-refractivity contribution in [3.63, 3.8) is 0 Å². The molecule has 0 aromatic heterocycles. The minimum Gasteiger partial charge on any atom is -0.297 e. The van der Waals surface area contributed by atoms with Crippen LogP contribution < -0.4 is 0 Å². The summed E-state index contributed by atoms with van der Waals surface area (Å²) in [6.45, 7) is 8.97. The zero-order valence-electron chi connectivity index (χ0n) is 10.7. The van der Waals surface area contributed by atoms with Gasteiger partial charge in [0.15, 0.2) is 0 Å². The molecule has 0 bridgehead atoms. The lowest BCUT2D eigenvalue weighted by Gasteiger charge is -2.26. The quantitative estimate of drug-likeness (QED) is 0.678. The molecule has 1 aliphatic carbocycles. The van der Waals surface area contributed by atoms with Crippen LogP contribution in [0.4, 0.5) is 0 Å². The van der Waals surface area contributed by atoms with Gasteiger partial charge in [0, 0.05) is 12.6 Å². The molecule has 0 spiro atoms. The Labute approximate surface area is 99.8 Å². The van der Waals surface area contributed by atoms with Crippen LogP contribution in [-0.4, -0.2) is 24.0 Å². The number of rotatable bonds is 5. The number of hydrogen-bond donors (Lipinski definition) is 0.